The van der Waals surface area contributed by atoms with Crippen molar-refractivity contribution in [2.45, 2.75) is 79.3 Å². The van der Waals surface area contributed by atoms with Crippen LogP contribution in [-0.2, 0) is 12.0 Å². The number of phenolic OH excluding ortho intramolecular Hbond substituents is 1. The fraction of sp³-hybridized carbons (Fsp3) is 0.538. The highest BCUT2D eigenvalue weighted by molar-refractivity contribution is 5.73. The van der Waals surface area contributed by atoms with E-state index < -0.39 is 0 Å². The largest absolute Gasteiger partial charge is 0.507 e. The van der Waals surface area contributed by atoms with Crippen LogP contribution < -0.4 is 10.1 Å². The quantitative estimate of drug-likeness (QED) is 0.572. The van der Waals surface area contributed by atoms with Gasteiger partial charge in [0.15, 0.2) is 0 Å². The molecule has 0 bridgehead atoms. The van der Waals surface area contributed by atoms with Gasteiger partial charge in [0.25, 0.3) is 0 Å². The van der Waals surface area contributed by atoms with E-state index in [4.69, 9.17) is 4.74 Å². The molecule has 2 aromatic carbocycles. The van der Waals surface area contributed by atoms with Crippen LogP contribution in [0.4, 0.5) is 0 Å². The van der Waals surface area contributed by atoms with Gasteiger partial charge in [-0.15, -0.1) is 0 Å². The van der Waals surface area contributed by atoms with Gasteiger partial charge in [-0.05, 0) is 60.4 Å². The lowest BCUT2D eigenvalue weighted by Crippen LogP contribution is -2.41. The molecule has 29 heavy (non-hydrogen) atoms. The Labute approximate surface area is 177 Å². The third kappa shape index (κ3) is 6.50. The van der Waals surface area contributed by atoms with E-state index in [1.165, 1.54) is 5.56 Å². The second-order valence-electron chi connectivity index (χ2n) is 11.0. The van der Waals surface area contributed by atoms with E-state index in [2.05, 4.69) is 72.8 Å². The minimum atomic E-state index is -0.0251. The lowest BCUT2D eigenvalue weighted by Gasteiger charge is -2.34. The second-order valence-corrected chi connectivity index (χ2v) is 11.0. The maximum atomic E-state index is 11.1. The summed E-state index contributed by atoms with van der Waals surface area (Å²) in [7, 11) is 1.66. The van der Waals surface area contributed by atoms with Crippen molar-refractivity contribution >= 4 is 0 Å². The lowest BCUT2D eigenvalue weighted by atomic mass is 9.81. The van der Waals surface area contributed by atoms with Crippen molar-refractivity contribution in [3.05, 3.63) is 47.5 Å². The molecule has 0 amide bonds. The molecule has 0 saturated carbocycles. The number of aromatic hydroxyl groups is 1. The molecule has 0 saturated heterocycles. The summed E-state index contributed by atoms with van der Waals surface area (Å²) >= 11 is 0. The van der Waals surface area contributed by atoms with Gasteiger partial charge >= 0.3 is 0 Å². The van der Waals surface area contributed by atoms with Crippen molar-refractivity contribution in [3.8, 4) is 22.6 Å². The standard InChI is InChI=1S/C26H39NO2/c1-24(2,3)17-26(7,8)27-16-19-14-20(25(4,5)6)15-22(23(19)28)18-10-12-21(29-9)13-11-18/h10-15,27-28H,16-17H2,1-9H3. The van der Waals surface area contributed by atoms with Gasteiger partial charge < -0.3 is 15.2 Å². The molecule has 3 heteroatoms. The van der Waals surface area contributed by atoms with Crippen LogP contribution in [0, 0.1) is 5.41 Å². The van der Waals surface area contributed by atoms with Crippen LogP contribution in [-0.4, -0.2) is 17.8 Å². The number of rotatable bonds is 6. The fourth-order valence-electron chi connectivity index (χ4n) is 3.98. The van der Waals surface area contributed by atoms with E-state index >= 15 is 0 Å². The minimum Gasteiger partial charge on any atom is -0.507 e. The summed E-state index contributed by atoms with van der Waals surface area (Å²) in [5, 5.41) is 14.8. The maximum Gasteiger partial charge on any atom is 0.127 e. The van der Waals surface area contributed by atoms with Gasteiger partial charge in [0.1, 0.15) is 11.5 Å². The Morgan fingerprint density at radius 3 is 1.97 bits per heavy atom. The van der Waals surface area contributed by atoms with Crippen molar-refractivity contribution in [2.75, 3.05) is 7.11 Å². The third-order valence-corrected chi connectivity index (χ3v) is 5.19. The van der Waals surface area contributed by atoms with E-state index in [0.717, 1.165) is 28.9 Å². The lowest BCUT2D eigenvalue weighted by molar-refractivity contribution is 0.240. The van der Waals surface area contributed by atoms with Gasteiger partial charge in [-0.3, -0.25) is 0 Å². The first-order chi connectivity index (χ1) is 13.2. The summed E-state index contributed by atoms with van der Waals surface area (Å²) in [4.78, 5) is 0. The van der Waals surface area contributed by atoms with Crippen LogP contribution >= 0.6 is 0 Å². The van der Waals surface area contributed by atoms with Crippen LogP contribution in [0.15, 0.2) is 36.4 Å². The van der Waals surface area contributed by atoms with Crippen LogP contribution in [0.3, 0.4) is 0 Å². The number of methoxy groups -OCH3 is 1. The molecule has 0 aliphatic heterocycles. The fourth-order valence-corrected chi connectivity index (χ4v) is 3.98. The van der Waals surface area contributed by atoms with E-state index in [1.54, 1.807) is 7.11 Å². The zero-order valence-electron chi connectivity index (χ0n) is 19.7. The van der Waals surface area contributed by atoms with Crippen LogP contribution in [0.5, 0.6) is 11.5 Å². The molecule has 0 spiro atoms. The molecule has 2 N–H and O–H groups in total. The molecule has 2 aromatic rings. The molecule has 0 unspecified atom stereocenters. The Bertz CT molecular complexity index is 822. The SMILES string of the molecule is COc1ccc(-c2cc(C(C)(C)C)cc(CNC(C)(C)CC(C)(C)C)c2O)cc1. The highest BCUT2D eigenvalue weighted by Crippen LogP contribution is 2.38. The Hall–Kier alpha value is -2.00. The van der Waals surface area contributed by atoms with Crippen molar-refractivity contribution in [1.29, 1.82) is 0 Å². The Morgan fingerprint density at radius 2 is 1.48 bits per heavy atom. The first-order valence-electron chi connectivity index (χ1n) is 10.5. The predicted molar refractivity (Wildman–Crippen MR) is 124 cm³/mol. The number of hydrogen-bond acceptors (Lipinski definition) is 3. The molecule has 0 radical (unpaired) electrons. The number of nitrogens with one attached hydrogen (secondary N) is 1. The van der Waals surface area contributed by atoms with Gasteiger partial charge in [0.05, 0.1) is 7.11 Å². The third-order valence-electron chi connectivity index (χ3n) is 5.19. The topological polar surface area (TPSA) is 41.5 Å². The summed E-state index contributed by atoms with van der Waals surface area (Å²) in [5.41, 5.74) is 4.21. The van der Waals surface area contributed by atoms with Crippen LogP contribution in [0.25, 0.3) is 11.1 Å². The van der Waals surface area contributed by atoms with E-state index in [9.17, 15) is 5.11 Å². The highest BCUT2D eigenvalue weighted by atomic mass is 16.5. The first-order valence-corrected chi connectivity index (χ1v) is 10.5. The van der Waals surface area contributed by atoms with Crippen LogP contribution in [0.1, 0.15) is 72.9 Å². The molecule has 0 atom stereocenters. The van der Waals surface area contributed by atoms with Gasteiger partial charge in [-0.2, -0.15) is 0 Å². The normalized spacial score (nSPS) is 12.9. The van der Waals surface area contributed by atoms with Gasteiger partial charge in [0.2, 0.25) is 0 Å². The zero-order valence-corrected chi connectivity index (χ0v) is 19.7. The highest BCUT2D eigenvalue weighted by Gasteiger charge is 2.26. The number of hydrogen-bond donors (Lipinski definition) is 2. The van der Waals surface area contributed by atoms with Gasteiger partial charge in [-0.1, -0.05) is 59.7 Å². The van der Waals surface area contributed by atoms with Crippen molar-refractivity contribution in [2.24, 2.45) is 5.41 Å². The molecular formula is C26H39NO2. The number of benzene rings is 2. The average Bonchev–Trinajstić information content (AvgIpc) is 2.58. The molecule has 0 fully saturated rings. The summed E-state index contributed by atoms with van der Waals surface area (Å²) in [6.45, 7) is 18.5. The van der Waals surface area contributed by atoms with E-state index in [1.807, 2.05) is 24.3 Å². The summed E-state index contributed by atoms with van der Waals surface area (Å²) < 4.78 is 5.28. The number of phenols is 1. The minimum absolute atomic E-state index is 0.00933. The molecular weight excluding hydrogens is 358 g/mol. The summed E-state index contributed by atoms with van der Waals surface area (Å²) in [6, 6.07) is 12.1. The molecule has 160 valence electrons. The number of ether oxygens (including phenoxy) is 1. The van der Waals surface area contributed by atoms with Crippen molar-refractivity contribution in [1.82, 2.24) is 5.32 Å². The smallest absolute Gasteiger partial charge is 0.127 e. The van der Waals surface area contributed by atoms with Crippen LogP contribution in [0.2, 0.25) is 0 Å². The van der Waals surface area contributed by atoms with Crippen molar-refractivity contribution in [3.63, 3.8) is 0 Å². The monoisotopic (exact) mass is 397 g/mol. The van der Waals surface area contributed by atoms with Gasteiger partial charge in [0, 0.05) is 23.2 Å². The predicted octanol–water partition coefficient (Wildman–Crippen LogP) is 6.67. The molecule has 0 aromatic heterocycles. The first kappa shape index (κ1) is 23.3. The molecule has 0 heterocycles. The maximum absolute atomic E-state index is 11.1. The summed E-state index contributed by atoms with van der Waals surface area (Å²) in [5.74, 6) is 1.16. The molecule has 2 rings (SSSR count). The zero-order chi connectivity index (χ0) is 22.0. The van der Waals surface area contributed by atoms with Crippen molar-refractivity contribution < 1.29 is 9.84 Å². The Morgan fingerprint density at radius 1 is 0.897 bits per heavy atom. The Kier molecular flexibility index (Phi) is 6.74. The summed E-state index contributed by atoms with van der Waals surface area (Å²) in [6.07, 6.45) is 1.05. The average molecular weight is 398 g/mol. The second kappa shape index (κ2) is 8.39. The molecule has 3 nitrogen and oxygen atoms in total. The molecule has 0 aliphatic carbocycles. The van der Waals surface area contributed by atoms with Gasteiger partial charge in [-0.25, -0.2) is 0 Å². The van der Waals surface area contributed by atoms with E-state index in [0.29, 0.717) is 12.3 Å². The Balaban J connectivity index is 2.43. The molecule has 0 aliphatic rings. The van der Waals surface area contributed by atoms with E-state index in [-0.39, 0.29) is 16.4 Å².